The molecule has 522 valence electrons. The molecule has 15 aromatic rings. The number of fused-ring (bicyclic) bond motifs is 11. The molecule has 15 rings (SSSR count). The molecule has 1 nitrogen and oxygen atoms in total. The molecule has 0 radical (unpaired) electrons. The van der Waals surface area contributed by atoms with E-state index in [2.05, 4.69) is 336 Å². The SMILES string of the molecule is CC.CC.CC.CC.CC.CC.CC.CC.Cc1cc(C)c2ccccc2c1.Cc1ccc(C)c2cc3ccccc3cc12.Cc1ccc2c3ccccc3n(C)c2c1.Cc1ccc2cc(C)c3ccccc3c2c1.Cc1cccc2c(C)c3ccccc3cc12.Cc1ccccc1C. The molecule has 1 heterocycles. The summed E-state index contributed by atoms with van der Waals surface area (Å²) in [4.78, 5) is 0. The zero-order valence-corrected chi connectivity index (χ0v) is 66.6. The lowest BCUT2D eigenvalue weighted by Crippen LogP contribution is -1.86. The minimum atomic E-state index is 1.30. The van der Waals surface area contributed by atoms with Gasteiger partial charge in [-0.15, -0.1) is 0 Å². The van der Waals surface area contributed by atoms with Gasteiger partial charge in [-0.3, -0.25) is 0 Å². The van der Waals surface area contributed by atoms with Crippen LogP contribution in [-0.4, -0.2) is 4.57 Å². The van der Waals surface area contributed by atoms with Crippen LogP contribution in [0.2, 0.25) is 0 Å². The molecule has 1 heteroatoms. The van der Waals surface area contributed by atoms with Crippen molar-refractivity contribution in [3.05, 3.63) is 310 Å². The molecule has 0 bridgehead atoms. The van der Waals surface area contributed by atoms with E-state index in [0.29, 0.717) is 0 Å². The molecule has 0 aliphatic heterocycles. The van der Waals surface area contributed by atoms with Crippen molar-refractivity contribution in [1.82, 2.24) is 4.57 Å². The van der Waals surface area contributed by atoms with E-state index in [-0.39, 0.29) is 0 Å². The van der Waals surface area contributed by atoms with Crippen LogP contribution in [0.4, 0.5) is 0 Å². The molecule has 99 heavy (non-hydrogen) atoms. The van der Waals surface area contributed by atoms with Gasteiger partial charge in [-0.25, -0.2) is 0 Å². The lowest BCUT2D eigenvalue weighted by Gasteiger charge is -2.09. The first kappa shape index (κ1) is 85.8. The lowest BCUT2D eigenvalue weighted by molar-refractivity contribution is 1.01. The smallest absolute Gasteiger partial charge is 0.0491 e. The third-order valence-electron chi connectivity index (χ3n) is 16.6. The van der Waals surface area contributed by atoms with Gasteiger partial charge in [0.05, 0.1) is 0 Å². The van der Waals surface area contributed by atoms with E-state index in [9.17, 15) is 0 Å². The van der Waals surface area contributed by atoms with Gasteiger partial charge in [-0.2, -0.15) is 0 Å². The fourth-order valence-corrected chi connectivity index (χ4v) is 11.8. The summed E-state index contributed by atoms with van der Waals surface area (Å²) < 4.78 is 2.26. The number of benzene rings is 14. The summed E-state index contributed by atoms with van der Waals surface area (Å²) >= 11 is 0. The van der Waals surface area contributed by atoms with Crippen LogP contribution in [-0.2, 0) is 7.05 Å². The molecule has 1 aromatic heterocycles. The van der Waals surface area contributed by atoms with Crippen LogP contribution in [0.1, 0.15) is 172 Å². The summed E-state index contributed by atoms with van der Waals surface area (Å²) in [6, 6.07) is 89.0. The van der Waals surface area contributed by atoms with E-state index in [4.69, 9.17) is 0 Å². The third-order valence-corrected chi connectivity index (χ3v) is 16.6. The number of para-hydroxylation sites is 1. The lowest BCUT2D eigenvalue weighted by atomic mass is 9.95. The number of hydrogen-bond donors (Lipinski definition) is 0. The first-order valence-electron chi connectivity index (χ1n) is 37.2. The summed E-state index contributed by atoms with van der Waals surface area (Å²) in [5, 5.41) is 21.7. The van der Waals surface area contributed by atoms with Crippen LogP contribution in [0.15, 0.2) is 249 Å². The van der Waals surface area contributed by atoms with E-state index in [1.807, 2.05) is 111 Å². The molecule has 0 saturated heterocycles. The van der Waals surface area contributed by atoms with Crippen molar-refractivity contribution >= 4 is 97.2 Å². The molecule has 0 atom stereocenters. The highest BCUT2D eigenvalue weighted by Crippen LogP contribution is 2.33. The molecule has 0 amide bonds. The van der Waals surface area contributed by atoms with Crippen molar-refractivity contribution in [3.8, 4) is 0 Å². The Morgan fingerprint density at radius 3 is 1.06 bits per heavy atom. The summed E-state index contributed by atoms with van der Waals surface area (Å²) in [7, 11) is 2.13. The van der Waals surface area contributed by atoms with Gasteiger partial charge in [0.15, 0.2) is 0 Å². The Kier molecular flexibility index (Phi) is 39.9. The number of aromatic nitrogens is 1. The van der Waals surface area contributed by atoms with Gasteiger partial charge in [0.1, 0.15) is 0 Å². The highest BCUT2D eigenvalue weighted by molar-refractivity contribution is 6.10. The molecule has 0 aliphatic carbocycles. The van der Waals surface area contributed by atoms with Gasteiger partial charge >= 0.3 is 0 Å². The van der Waals surface area contributed by atoms with E-state index >= 15 is 0 Å². The van der Waals surface area contributed by atoms with E-state index in [0.717, 1.165) is 0 Å². The number of nitrogens with zero attached hydrogens (tertiary/aromatic N) is 1. The van der Waals surface area contributed by atoms with Crippen molar-refractivity contribution < 1.29 is 0 Å². The van der Waals surface area contributed by atoms with Gasteiger partial charge in [-0.05, 0) is 232 Å². The van der Waals surface area contributed by atoms with Crippen LogP contribution in [0.25, 0.3) is 97.2 Å². The van der Waals surface area contributed by atoms with Gasteiger partial charge in [0, 0.05) is 28.9 Å². The molecule has 0 unspecified atom stereocenters. The monoisotopic (exact) mass is 1320 g/mol. The molecular formula is C98H125N. The second-order valence-corrected chi connectivity index (χ2v) is 22.8. The molecule has 0 N–H and O–H groups in total. The fourth-order valence-electron chi connectivity index (χ4n) is 11.8. The summed E-state index contributed by atoms with van der Waals surface area (Å²) in [6.07, 6.45) is 0. The van der Waals surface area contributed by atoms with Crippen LogP contribution in [0.3, 0.4) is 0 Å². The number of rotatable bonds is 0. The van der Waals surface area contributed by atoms with Crippen LogP contribution < -0.4 is 0 Å². The van der Waals surface area contributed by atoms with Gasteiger partial charge in [0.2, 0.25) is 0 Å². The third kappa shape index (κ3) is 23.2. The zero-order chi connectivity index (χ0) is 74.3. The van der Waals surface area contributed by atoms with Crippen LogP contribution >= 0.6 is 0 Å². The van der Waals surface area contributed by atoms with E-state index < -0.39 is 0 Å². The summed E-state index contributed by atoms with van der Waals surface area (Å²) in [5.41, 5.74) is 17.5. The normalized spacial score (nSPS) is 9.62. The predicted octanol–water partition coefficient (Wildman–Crippen LogP) is 31.4. The van der Waals surface area contributed by atoms with Crippen LogP contribution in [0.5, 0.6) is 0 Å². The van der Waals surface area contributed by atoms with Crippen molar-refractivity contribution in [1.29, 1.82) is 0 Å². The average molecular weight is 1320 g/mol. The summed E-state index contributed by atoms with van der Waals surface area (Å²) in [6.45, 7) is 55.7. The Hall–Kier alpha value is -9.30. The van der Waals surface area contributed by atoms with Crippen LogP contribution in [0, 0.1) is 76.2 Å². The molecule has 14 aromatic carbocycles. The van der Waals surface area contributed by atoms with Gasteiger partial charge in [-0.1, -0.05) is 340 Å². The number of hydrogen-bond acceptors (Lipinski definition) is 0. The van der Waals surface area contributed by atoms with Gasteiger partial charge < -0.3 is 4.57 Å². The Balaban J connectivity index is 0.000000391. The van der Waals surface area contributed by atoms with Crippen molar-refractivity contribution in [2.45, 2.75) is 187 Å². The van der Waals surface area contributed by atoms with E-state index in [1.54, 1.807) is 0 Å². The maximum absolute atomic E-state index is 2.30. The first-order valence-corrected chi connectivity index (χ1v) is 37.2. The standard InChI is InChI=1S/3C16H14.C14H13N.C12H12.C8H10.8C2H6/c1-11-6-5-9-15-12(2)14-8-4-3-7-13(14)10-16(11)15;1-11-7-8-12(2)16-10-14-6-4-3-5-13(14)9-15(11)16;1-11-7-8-13-10-12(2)14-5-3-4-6-15(14)16(13)9-11;1-10-7-8-12-11-5-3-4-6-13(11)15(2)14(12)9-10;1-9-7-10(2)12-6-4-3-5-11(12)8-9;1-7-5-3-4-6-8(7)2;8*1-2/h3*3-10H,1-2H3;3-9H,1-2H3;3-8H,1-2H3;3-6H,1-2H3;8*1-2H3. The fraction of sp³-hybridized carbons (Fsp3) is 0.286. The minimum Gasteiger partial charge on any atom is -0.344 e. The maximum Gasteiger partial charge on any atom is 0.0491 e. The van der Waals surface area contributed by atoms with E-state index in [1.165, 1.54) is 158 Å². The Morgan fingerprint density at radius 1 is 0.172 bits per heavy atom. The van der Waals surface area contributed by atoms with Crippen molar-refractivity contribution in [3.63, 3.8) is 0 Å². The van der Waals surface area contributed by atoms with Crippen molar-refractivity contribution in [2.24, 2.45) is 7.05 Å². The van der Waals surface area contributed by atoms with Crippen molar-refractivity contribution in [2.75, 3.05) is 0 Å². The Labute approximate surface area is 602 Å². The first-order chi connectivity index (χ1) is 48.1. The Bertz CT molecular complexity index is 4700. The second-order valence-electron chi connectivity index (χ2n) is 22.8. The second kappa shape index (κ2) is 46.1. The molecule has 0 spiro atoms. The highest BCUT2D eigenvalue weighted by atomic mass is 14.9. The molecule has 0 saturated carbocycles. The minimum absolute atomic E-state index is 1.30. The predicted molar refractivity (Wildman–Crippen MR) is 458 cm³/mol. The number of aryl methyl sites for hydroxylation is 12. The van der Waals surface area contributed by atoms with Gasteiger partial charge in [0.25, 0.3) is 0 Å². The maximum atomic E-state index is 2.30. The Morgan fingerprint density at radius 2 is 0.525 bits per heavy atom. The molecule has 0 aliphatic rings. The summed E-state index contributed by atoms with van der Waals surface area (Å²) in [5.74, 6) is 0. The average Bonchev–Trinajstić information content (AvgIpc) is 1.74. The molecule has 0 fully saturated rings. The zero-order valence-electron chi connectivity index (χ0n) is 66.6. The molecular weight excluding hydrogens is 1190 g/mol. The largest absolute Gasteiger partial charge is 0.344 e. The quantitative estimate of drug-likeness (QED) is 0.105. The topological polar surface area (TPSA) is 4.93 Å². The highest BCUT2D eigenvalue weighted by Gasteiger charge is 2.09.